The smallest absolute Gasteiger partial charge is 0.337 e. The van der Waals surface area contributed by atoms with Crippen molar-refractivity contribution < 1.29 is 28.4 Å². The Morgan fingerprint density at radius 1 is 1.12 bits per heavy atom. The van der Waals surface area contributed by atoms with Crippen molar-refractivity contribution in [3.05, 3.63) is 65.2 Å². The summed E-state index contributed by atoms with van der Waals surface area (Å²) in [4.78, 5) is 23.3. The molecule has 0 saturated heterocycles. The Kier molecular flexibility index (Phi) is 6.19. The SMILES string of the molecule is COC(=O)c1ccc(NC(=O)C[NH2+][C@H](C)c2ccc(F)c(F)c2)cc1. The molecule has 2 aromatic carbocycles. The maximum absolute atomic E-state index is 13.2. The van der Waals surface area contributed by atoms with Crippen molar-refractivity contribution in [1.82, 2.24) is 0 Å². The van der Waals surface area contributed by atoms with Crippen LogP contribution in [0.2, 0.25) is 0 Å². The second kappa shape index (κ2) is 8.34. The van der Waals surface area contributed by atoms with Crippen LogP contribution in [0.5, 0.6) is 0 Å². The van der Waals surface area contributed by atoms with Crippen LogP contribution in [-0.4, -0.2) is 25.5 Å². The normalized spacial score (nSPS) is 11.7. The average molecular weight is 349 g/mol. The molecule has 2 aromatic rings. The molecule has 132 valence electrons. The number of hydrogen-bond donors (Lipinski definition) is 2. The van der Waals surface area contributed by atoms with Gasteiger partial charge in [-0.25, -0.2) is 13.6 Å². The van der Waals surface area contributed by atoms with Crippen molar-refractivity contribution >= 4 is 17.6 Å². The van der Waals surface area contributed by atoms with Crippen LogP contribution < -0.4 is 10.6 Å². The van der Waals surface area contributed by atoms with Crippen molar-refractivity contribution in [2.24, 2.45) is 0 Å². The third-order valence-corrected chi connectivity index (χ3v) is 3.72. The summed E-state index contributed by atoms with van der Waals surface area (Å²) in [6.07, 6.45) is 0. The quantitative estimate of drug-likeness (QED) is 0.784. The highest BCUT2D eigenvalue weighted by Gasteiger charge is 2.14. The number of methoxy groups -OCH3 is 1. The van der Waals surface area contributed by atoms with Crippen LogP contribution in [0, 0.1) is 11.6 Å². The summed E-state index contributed by atoms with van der Waals surface area (Å²) >= 11 is 0. The van der Waals surface area contributed by atoms with Crippen molar-refractivity contribution in [3.63, 3.8) is 0 Å². The standard InChI is InChI=1S/C18H18F2N2O3/c1-11(13-5-8-15(19)16(20)9-13)21-10-17(23)22-14-6-3-12(4-7-14)18(24)25-2/h3-9,11,21H,10H2,1-2H3,(H,22,23)/p+1/t11-/m1/s1. The van der Waals surface area contributed by atoms with Gasteiger partial charge in [0, 0.05) is 11.3 Å². The van der Waals surface area contributed by atoms with E-state index in [0.717, 1.165) is 12.1 Å². The second-order valence-electron chi connectivity index (χ2n) is 5.52. The van der Waals surface area contributed by atoms with Gasteiger partial charge in [0.05, 0.1) is 12.7 Å². The Balaban J connectivity index is 1.87. The van der Waals surface area contributed by atoms with Crippen LogP contribution >= 0.6 is 0 Å². The van der Waals surface area contributed by atoms with E-state index in [1.807, 2.05) is 0 Å². The number of quaternary nitrogens is 1. The Morgan fingerprint density at radius 2 is 1.80 bits per heavy atom. The maximum Gasteiger partial charge on any atom is 0.337 e. The lowest BCUT2D eigenvalue weighted by molar-refractivity contribution is -0.682. The number of amides is 1. The summed E-state index contributed by atoms with van der Waals surface area (Å²) in [7, 11) is 1.29. The van der Waals surface area contributed by atoms with Gasteiger partial charge >= 0.3 is 5.97 Å². The summed E-state index contributed by atoms with van der Waals surface area (Å²) in [6.45, 7) is 1.91. The van der Waals surface area contributed by atoms with Gasteiger partial charge in [0.25, 0.3) is 5.91 Å². The molecule has 0 saturated carbocycles. The zero-order valence-electron chi connectivity index (χ0n) is 13.9. The summed E-state index contributed by atoms with van der Waals surface area (Å²) in [5, 5.41) is 4.41. The number of anilines is 1. The van der Waals surface area contributed by atoms with Crippen LogP contribution in [0.15, 0.2) is 42.5 Å². The predicted octanol–water partition coefficient (Wildman–Crippen LogP) is 2.01. The number of esters is 1. The monoisotopic (exact) mass is 349 g/mol. The van der Waals surface area contributed by atoms with E-state index in [4.69, 9.17) is 0 Å². The fraction of sp³-hybridized carbons (Fsp3) is 0.222. The first-order valence-electron chi connectivity index (χ1n) is 7.67. The number of ether oxygens (including phenoxy) is 1. The number of carbonyl (C=O) groups excluding carboxylic acids is 2. The van der Waals surface area contributed by atoms with E-state index in [9.17, 15) is 18.4 Å². The summed E-state index contributed by atoms with van der Waals surface area (Å²) in [5.74, 6) is -2.51. The number of rotatable bonds is 6. The first-order valence-corrected chi connectivity index (χ1v) is 7.67. The molecule has 1 atom stereocenters. The molecule has 25 heavy (non-hydrogen) atoms. The number of carbonyl (C=O) groups is 2. The highest BCUT2D eigenvalue weighted by Crippen LogP contribution is 2.13. The molecule has 2 rings (SSSR count). The van der Waals surface area contributed by atoms with Crippen LogP contribution in [0.25, 0.3) is 0 Å². The molecule has 0 heterocycles. The third-order valence-electron chi connectivity index (χ3n) is 3.72. The zero-order chi connectivity index (χ0) is 18.4. The van der Waals surface area contributed by atoms with Gasteiger partial charge in [-0.2, -0.15) is 0 Å². The number of nitrogens with one attached hydrogen (secondary N) is 1. The van der Waals surface area contributed by atoms with E-state index < -0.39 is 17.6 Å². The number of nitrogens with two attached hydrogens (primary N) is 1. The molecular weight excluding hydrogens is 330 g/mol. The Morgan fingerprint density at radius 3 is 2.40 bits per heavy atom. The molecule has 0 aromatic heterocycles. The Hall–Kier alpha value is -2.80. The minimum atomic E-state index is -0.909. The molecule has 0 aliphatic carbocycles. The third kappa shape index (κ3) is 5.09. The van der Waals surface area contributed by atoms with Gasteiger partial charge in [0.2, 0.25) is 0 Å². The lowest BCUT2D eigenvalue weighted by atomic mass is 10.1. The first-order chi connectivity index (χ1) is 11.9. The molecule has 0 aliphatic rings. The minimum Gasteiger partial charge on any atom is -0.465 e. The van der Waals surface area contributed by atoms with Crippen LogP contribution in [0.4, 0.5) is 14.5 Å². The molecule has 0 bridgehead atoms. The van der Waals surface area contributed by atoms with Gasteiger partial charge in [0.1, 0.15) is 6.04 Å². The van der Waals surface area contributed by atoms with E-state index in [-0.39, 0.29) is 18.5 Å². The lowest BCUT2D eigenvalue weighted by Crippen LogP contribution is -2.86. The predicted molar refractivity (Wildman–Crippen MR) is 88.0 cm³/mol. The molecule has 1 amide bonds. The van der Waals surface area contributed by atoms with Gasteiger partial charge in [-0.3, -0.25) is 4.79 Å². The van der Waals surface area contributed by atoms with Crippen LogP contribution in [-0.2, 0) is 9.53 Å². The minimum absolute atomic E-state index is 0.110. The van der Waals surface area contributed by atoms with Crippen LogP contribution in [0.1, 0.15) is 28.9 Å². The second-order valence-corrected chi connectivity index (χ2v) is 5.52. The molecule has 0 radical (unpaired) electrons. The van der Waals surface area contributed by atoms with E-state index in [1.54, 1.807) is 36.5 Å². The van der Waals surface area contributed by atoms with Crippen molar-refractivity contribution in [2.75, 3.05) is 19.0 Å². The van der Waals surface area contributed by atoms with Crippen molar-refractivity contribution in [2.45, 2.75) is 13.0 Å². The summed E-state index contributed by atoms with van der Waals surface area (Å²) in [6, 6.07) is 9.78. The van der Waals surface area contributed by atoms with Gasteiger partial charge < -0.3 is 15.4 Å². The fourth-order valence-corrected chi connectivity index (χ4v) is 2.24. The number of benzene rings is 2. The Labute approximate surface area is 144 Å². The molecule has 7 heteroatoms. The topological polar surface area (TPSA) is 72.0 Å². The van der Waals surface area contributed by atoms with Crippen molar-refractivity contribution in [1.29, 1.82) is 0 Å². The highest BCUT2D eigenvalue weighted by molar-refractivity contribution is 5.93. The first kappa shape index (κ1) is 18.5. The van der Waals surface area contributed by atoms with Gasteiger partial charge in [0.15, 0.2) is 18.2 Å². The van der Waals surface area contributed by atoms with E-state index >= 15 is 0 Å². The maximum atomic E-state index is 13.2. The van der Waals surface area contributed by atoms with Gasteiger partial charge in [-0.1, -0.05) is 0 Å². The largest absolute Gasteiger partial charge is 0.465 e. The number of hydrogen-bond acceptors (Lipinski definition) is 3. The van der Waals surface area contributed by atoms with Crippen LogP contribution in [0.3, 0.4) is 0 Å². The van der Waals surface area contributed by atoms with Crippen molar-refractivity contribution in [3.8, 4) is 0 Å². The van der Waals surface area contributed by atoms with E-state index in [0.29, 0.717) is 16.8 Å². The molecular formula is C18H19F2N2O3+. The average Bonchev–Trinajstić information content (AvgIpc) is 2.62. The zero-order valence-corrected chi connectivity index (χ0v) is 13.9. The molecule has 0 aliphatic heterocycles. The summed E-state index contributed by atoms with van der Waals surface area (Å²) in [5.41, 5.74) is 1.53. The molecule has 0 spiro atoms. The molecule has 0 fully saturated rings. The van der Waals surface area contributed by atoms with Gasteiger partial charge in [-0.15, -0.1) is 0 Å². The summed E-state index contributed by atoms with van der Waals surface area (Å²) < 4.78 is 30.8. The van der Waals surface area contributed by atoms with Gasteiger partial charge in [-0.05, 0) is 49.4 Å². The highest BCUT2D eigenvalue weighted by atomic mass is 19.2. The lowest BCUT2D eigenvalue weighted by Gasteiger charge is -2.11. The molecule has 5 nitrogen and oxygen atoms in total. The molecule has 0 unspecified atom stereocenters. The Bertz CT molecular complexity index is 763. The van der Waals surface area contributed by atoms with E-state index in [1.165, 1.54) is 13.2 Å². The number of halogens is 2. The fourth-order valence-electron chi connectivity index (χ4n) is 2.24. The van der Waals surface area contributed by atoms with E-state index in [2.05, 4.69) is 10.1 Å². The molecule has 3 N–H and O–H groups in total.